The molecule has 7 nitrogen and oxygen atoms in total. The molecule has 3 rings (SSSR count). The van der Waals surface area contributed by atoms with Crippen LogP contribution >= 0.6 is 0 Å². The molecule has 1 aliphatic heterocycles. The number of aromatic nitrogens is 2. The molecule has 2 heterocycles. The molecule has 1 saturated heterocycles. The van der Waals surface area contributed by atoms with E-state index in [1.54, 1.807) is 0 Å². The fourth-order valence-electron chi connectivity index (χ4n) is 2.26. The van der Waals surface area contributed by atoms with E-state index in [9.17, 15) is 9.18 Å². The smallest absolute Gasteiger partial charge is 0.316 e. The highest BCUT2D eigenvalue weighted by molar-refractivity contribution is 5.89. The normalized spacial score (nSPS) is 15.5. The maximum atomic E-state index is 12.9. The summed E-state index contributed by atoms with van der Waals surface area (Å²) >= 11 is 0. The number of carbonyl (C=O) groups excluding carboxylic acids is 1. The standard InChI is InChI=1S/C15H17FN4O3/c16-12-3-1-11(2-4-12)13-18-15(23-19-13)14(21)17-5-6-20-7-9-22-10-8-20/h1-4H,5-10H2,(H,17,21). The van der Waals surface area contributed by atoms with Crippen LogP contribution < -0.4 is 5.32 Å². The summed E-state index contributed by atoms with van der Waals surface area (Å²) in [6.45, 7) is 4.41. The summed E-state index contributed by atoms with van der Waals surface area (Å²) in [6.07, 6.45) is 0. The van der Waals surface area contributed by atoms with E-state index in [1.807, 2.05) is 0 Å². The van der Waals surface area contributed by atoms with Gasteiger partial charge in [0.1, 0.15) is 5.82 Å². The number of halogens is 1. The van der Waals surface area contributed by atoms with Gasteiger partial charge in [-0.2, -0.15) is 4.98 Å². The minimum atomic E-state index is -0.417. The number of nitrogens with zero attached hydrogens (tertiary/aromatic N) is 3. The first-order chi connectivity index (χ1) is 11.2. The average molecular weight is 320 g/mol. The summed E-state index contributed by atoms with van der Waals surface area (Å²) in [5.74, 6) is -0.618. The molecule has 0 saturated carbocycles. The molecule has 1 amide bonds. The largest absolute Gasteiger partial charge is 0.379 e. The van der Waals surface area contributed by atoms with E-state index < -0.39 is 5.91 Å². The molecule has 122 valence electrons. The Balaban J connectivity index is 1.52. The molecule has 0 aliphatic carbocycles. The zero-order chi connectivity index (χ0) is 16.1. The Morgan fingerprint density at radius 2 is 2.00 bits per heavy atom. The molecular weight excluding hydrogens is 303 g/mol. The predicted molar refractivity (Wildman–Crippen MR) is 79.3 cm³/mol. The van der Waals surface area contributed by atoms with Crippen LogP contribution in [0.2, 0.25) is 0 Å². The second-order valence-corrected chi connectivity index (χ2v) is 5.14. The highest BCUT2D eigenvalue weighted by Gasteiger charge is 2.16. The van der Waals surface area contributed by atoms with E-state index in [2.05, 4.69) is 20.4 Å². The molecule has 0 radical (unpaired) electrons. The van der Waals surface area contributed by atoms with Gasteiger partial charge in [0, 0.05) is 31.7 Å². The summed E-state index contributed by atoms with van der Waals surface area (Å²) in [4.78, 5) is 18.2. The Morgan fingerprint density at radius 3 is 2.74 bits per heavy atom. The SMILES string of the molecule is O=C(NCCN1CCOCC1)c1nc(-c2ccc(F)cc2)no1. The van der Waals surface area contributed by atoms with Gasteiger partial charge in [0.2, 0.25) is 5.82 Å². The van der Waals surface area contributed by atoms with E-state index in [0.29, 0.717) is 12.1 Å². The highest BCUT2D eigenvalue weighted by Crippen LogP contribution is 2.15. The number of benzene rings is 1. The maximum Gasteiger partial charge on any atom is 0.316 e. The van der Waals surface area contributed by atoms with Gasteiger partial charge in [-0.1, -0.05) is 5.16 Å². The van der Waals surface area contributed by atoms with Gasteiger partial charge in [0.15, 0.2) is 0 Å². The zero-order valence-corrected chi connectivity index (χ0v) is 12.5. The third-order valence-electron chi connectivity index (χ3n) is 3.54. The topological polar surface area (TPSA) is 80.5 Å². The van der Waals surface area contributed by atoms with Crippen molar-refractivity contribution in [2.24, 2.45) is 0 Å². The van der Waals surface area contributed by atoms with Crippen molar-refractivity contribution in [3.8, 4) is 11.4 Å². The molecule has 23 heavy (non-hydrogen) atoms. The summed E-state index contributed by atoms with van der Waals surface area (Å²) in [5, 5.41) is 6.48. The monoisotopic (exact) mass is 320 g/mol. The van der Waals surface area contributed by atoms with Crippen LogP contribution in [-0.4, -0.2) is 60.3 Å². The van der Waals surface area contributed by atoms with Crippen LogP contribution in [0.15, 0.2) is 28.8 Å². The first-order valence-corrected chi connectivity index (χ1v) is 7.40. The minimum Gasteiger partial charge on any atom is -0.379 e. The molecular formula is C15H17FN4O3. The summed E-state index contributed by atoms with van der Waals surface area (Å²) in [7, 11) is 0. The summed E-state index contributed by atoms with van der Waals surface area (Å²) < 4.78 is 23.1. The maximum absolute atomic E-state index is 12.9. The van der Waals surface area contributed by atoms with Gasteiger partial charge >= 0.3 is 11.8 Å². The first-order valence-electron chi connectivity index (χ1n) is 7.40. The van der Waals surface area contributed by atoms with Crippen LogP contribution in [0.3, 0.4) is 0 Å². The number of ether oxygens (including phenoxy) is 1. The lowest BCUT2D eigenvalue weighted by Gasteiger charge is -2.26. The minimum absolute atomic E-state index is 0.105. The lowest BCUT2D eigenvalue weighted by molar-refractivity contribution is 0.0382. The number of hydrogen-bond acceptors (Lipinski definition) is 6. The lowest BCUT2D eigenvalue weighted by atomic mass is 10.2. The average Bonchev–Trinajstić information content (AvgIpc) is 3.06. The quantitative estimate of drug-likeness (QED) is 0.883. The van der Waals surface area contributed by atoms with E-state index >= 15 is 0 Å². The van der Waals surface area contributed by atoms with Crippen molar-refractivity contribution >= 4 is 5.91 Å². The van der Waals surface area contributed by atoms with Gasteiger partial charge in [0.25, 0.3) is 0 Å². The Hall–Kier alpha value is -2.32. The van der Waals surface area contributed by atoms with E-state index in [-0.39, 0.29) is 17.5 Å². The number of carbonyl (C=O) groups is 1. The molecule has 0 spiro atoms. The highest BCUT2D eigenvalue weighted by atomic mass is 19.1. The number of rotatable bonds is 5. The molecule has 0 bridgehead atoms. The molecule has 0 unspecified atom stereocenters. The van der Waals surface area contributed by atoms with E-state index in [1.165, 1.54) is 24.3 Å². The first kappa shape index (κ1) is 15.6. The Morgan fingerprint density at radius 1 is 1.26 bits per heavy atom. The fourth-order valence-corrected chi connectivity index (χ4v) is 2.26. The van der Waals surface area contributed by atoms with Crippen LogP contribution in [-0.2, 0) is 4.74 Å². The number of nitrogens with one attached hydrogen (secondary N) is 1. The fraction of sp³-hybridized carbons (Fsp3) is 0.400. The second kappa shape index (κ2) is 7.30. The molecule has 2 aromatic rings. The molecule has 1 N–H and O–H groups in total. The van der Waals surface area contributed by atoms with Crippen molar-refractivity contribution in [3.05, 3.63) is 36.0 Å². The van der Waals surface area contributed by atoms with E-state index in [4.69, 9.17) is 9.26 Å². The van der Waals surface area contributed by atoms with Crippen molar-refractivity contribution in [1.82, 2.24) is 20.4 Å². The summed E-state index contributed by atoms with van der Waals surface area (Å²) in [6, 6.07) is 5.65. The van der Waals surface area contributed by atoms with Crippen molar-refractivity contribution in [2.45, 2.75) is 0 Å². The van der Waals surface area contributed by atoms with Crippen molar-refractivity contribution in [1.29, 1.82) is 0 Å². The van der Waals surface area contributed by atoms with Crippen molar-refractivity contribution in [3.63, 3.8) is 0 Å². The number of hydrogen-bond donors (Lipinski definition) is 1. The Bertz CT molecular complexity index is 653. The van der Waals surface area contributed by atoms with Crippen LogP contribution in [0.1, 0.15) is 10.7 Å². The van der Waals surface area contributed by atoms with Crippen molar-refractivity contribution < 1.29 is 18.4 Å². The van der Waals surface area contributed by atoms with Crippen LogP contribution in [0.5, 0.6) is 0 Å². The van der Waals surface area contributed by atoms with Gasteiger partial charge < -0.3 is 14.6 Å². The Kier molecular flexibility index (Phi) is 4.94. The lowest BCUT2D eigenvalue weighted by Crippen LogP contribution is -2.41. The third-order valence-corrected chi connectivity index (χ3v) is 3.54. The van der Waals surface area contributed by atoms with Crippen LogP contribution in [0.25, 0.3) is 11.4 Å². The third kappa shape index (κ3) is 4.11. The van der Waals surface area contributed by atoms with Gasteiger partial charge in [-0.15, -0.1) is 0 Å². The molecule has 1 aromatic heterocycles. The Labute approximate surface area is 132 Å². The molecule has 1 aromatic carbocycles. The van der Waals surface area contributed by atoms with Crippen LogP contribution in [0, 0.1) is 5.82 Å². The van der Waals surface area contributed by atoms with Crippen molar-refractivity contribution in [2.75, 3.05) is 39.4 Å². The van der Waals surface area contributed by atoms with Gasteiger partial charge in [0.05, 0.1) is 13.2 Å². The number of morpholine rings is 1. The van der Waals surface area contributed by atoms with Crippen LogP contribution in [0.4, 0.5) is 4.39 Å². The zero-order valence-electron chi connectivity index (χ0n) is 12.5. The number of amides is 1. The second-order valence-electron chi connectivity index (χ2n) is 5.14. The van der Waals surface area contributed by atoms with Gasteiger partial charge in [-0.05, 0) is 24.3 Å². The van der Waals surface area contributed by atoms with Gasteiger partial charge in [-0.25, -0.2) is 4.39 Å². The molecule has 8 heteroatoms. The van der Waals surface area contributed by atoms with E-state index in [0.717, 1.165) is 32.8 Å². The predicted octanol–water partition coefficient (Wildman–Crippen LogP) is 0.938. The molecule has 1 fully saturated rings. The molecule has 1 aliphatic rings. The summed E-state index contributed by atoms with van der Waals surface area (Å²) in [5.41, 5.74) is 0.586. The van der Waals surface area contributed by atoms with Gasteiger partial charge in [-0.3, -0.25) is 9.69 Å². The molecule has 0 atom stereocenters.